The molecule has 1 aromatic rings. The molecule has 0 fully saturated rings. The van der Waals surface area contributed by atoms with Crippen LogP contribution in [0.1, 0.15) is 23.0 Å². The first kappa shape index (κ1) is 25.5. The molecule has 0 N–H and O–H groups in total. The maximum Gasteiger partial charge on any atom is 0.405 e. The van der Waals surface area contributed by atoms with Gasteiger partial charge in [-0.2, -0.15) is 39.5 Å². The quantitative estimate of drug-likeness (QED) is 0.545. The second kappa shape index (κ2) is 8.32. The maximum atomic E-state index is 13.1. The number of alkyl halides is 9. The fourth-order valence-electron chi connectivity index (χ4n) is 2.35. The number of rotatable bonds is 7. The van der Waals surface area contributed by atoms with Crippen LogP contribution in [0, 0.1) is 0 Å². The predicted molar refractivity (Wildman–Crippen MR) is 83.1 cm³/mol. The third-order valence-electron chi connectivity index (χ3n) is 3.54. The van der Waals surface area contributed by atoms with Crippen molar-refractivity contribution in [2.24, 2.45) is 0 Å². The fourth-order valence-corrected chi connectivity index (χ4v) is 7.61. The Hall–Kier alpha value is -1.51. The van der Waals surface area contributed by atoms with Crippen LogP contribution in [0.25, 0.3) is 0 Å². The average molecular weight is 480 g/mol. The molecule has 0 bridgehead atoms. The Morgan fingerprint density at radius 1 is 0.759 bits per heavy atom. The molecule has 0 aliphatic rings. The summed E-state index contributed by atoms with van der Waals surface area (Å²) in [7, 11) is -11.7. The van der Waals surface area contributed by atoms with Gasteiger partial charge in [0.2, 0.25) is 0 Å². The number of halogens is 9. The van der Waals surface area contributed by atoms with E-state index < -0.39 is 72.2 Å². The van der Waals surface area contributed by atoms with Crippen molar-refractivity contribution >= 4 is 19.7 Å². The molecule has 1 rings (SSSR count). The van der Waals surface area contributed by atoms with Crippen LogP contribution in [0.3, 0.4) is 0 Å². The highest BCUT2D eigenvalue weighted by molar-refractivity contribution is 8.08. The van der Waals surface area contributed by atoms with Crippen LogP contribution in [-0.4, -0.2) is 46.4 Å². The summed E-state index contributed by atoms with van der Waals surface area (Å²) in [6.45, 7) is 0. The second-order valence-electron chi connectivity index (χ2n) is 5.91. The van der Waals surface area contributed by atoms with Gasteiger partial charge in [-0.05, 0) is 5.56 Å². The van der Waals surface area contributed by atoms with E-state index in [0.717, 1.165) is 12.1 Å². The molecule has 1 aromatic carbocycles. The van der Waals surface area contributed by atoms with E-state index in [4.69, 9.17) is 0 Å². The normalized spacial score (nSPS) is 16.4. The Bertz CT molecular complexity index is 886. The minimum absolute atomic E-state index is 0.689. The second-order valence-corrected chi connectivity index (χ2v) is 10.6. The van der Waals surface area contributed by atoms with Crippen LogP contribution < -0.4 is 0 Å². The SMILES string of the molecule is O=S(=O)(CCC(F)(F)F)C(c1ccccc1)S(=O)(=O)C(CC(F)(F)F)C(F)(F)F. The third kappa shape index (κ3) is 7.35. The van der Waals surface area contributed by atoms with E-state index in [1.54, 1.807) is 0 Å². The molecule has 0 heterocycles. The van der Waals surface area contributed by atoms with Gasteiger partial charge in [0.1, 0.15) is 0 Å². The Balaban J connectivity index is 3.63. The average Bonchev–Trinajstić information content (AvgIpc) is 2.49. The van der Waals surface area contributed by atoms with Crippen LogP contribution >= 0.6 is 0 Å². The summed E-state index contributed by atoms with van der Waals surface area (Å²) in [6, 6.07) is 4.52. The number of sulfone groups is 2. The summed E-state index contributed by atoms with van der Waals surface area (Å²) in [4.78, 5) is 0. The first-order chi connectivity index (χ1) is 12.8. The summed E-state index contributed by atoms with van der Waals surface area (Å²) in [5.74, 6) is -1.92. The largest absolute Gasteiger partial charge is 0.405 e. The van der Waals surface area contributed by atoms with E-state index in [-0.39, 0.29) is 0 Å². The van der Waals surface area contributed by atoms with E-state index in [1.807, 2.05) is 0 Å². The summed E-state index contributed by atoms with van der Waals surface area (Å²) in [5.41, 5.74) is -0.897. The van der Waals surface area contributed by atoms with Crippen LogP contribution in [0.15, 0.2) is 30.3 Å². The van der Waals surface area contributed by atoms with Gasteiger partial charge in [-0.25, -0.2) is 16.8 Å². The molecule has 0 aliphatic carbocycles. The predicted octanol–water partition coefficient (Wildman–Crippen LogP) is 4.35. The number of benzene rings is 1. The van der Waals surface area contributed by atoms with Crippen molar-refractivity contribution in [3.05, 3.63) is 35.9 Å². The number of hydrogen-bond acceptors (Lipinski definition) is 4. The molecule has 0 aromatic heterocycles. The molecule has 4 nitrogen and oxygen atoms in total. The van der Waals surface area contributed by atoms with E-state index in [0.29, 0.717) is 12.1 Å². The van der Waals surface area contributed by atoms with Gasteiger partial charge >= 0.3 is 18.5 Å². The van der Waals surface area contributed by atoms with E-state index >= 15 is 0 Å². The molecule has 0 spiro atoms. The zero-order valence-electron chi connectivity index (χ0n) is 14.0. The summed E-state index contributed by atoms with van der Waals surface area (Å²) in [6.07, 6.45) is -21.8. The third-order valence-corrected chi connectivity index (χ3v) is 9.02. The molecule has 0 aliphatic heterocycles. The lowest BCUT2D eigenvalue weighted by Crippen LogP contribution is -2.44. The smallest absolute Gasteiger partial charge is 0.227 e. The minimum Gasteiger partial charge on any atom is -0.227 e. The van der Waals surface area contributed by atoms with Gasteiger partial charge in [0, 0.05) is 0 Å². The van der Waals surface area contributed by atoms with Gasteiger partial charge in [-0.15, -0.1) is 0 Å². The van der Waals surface area contributed by atoms with Gasteiger partial charge in [-0.1, -0.05) is 30.3 Å². The lowest BCUT2D eigenvalue weighted by atomic mass is 10.2. The molecule has 0 radical (unpaired) electrons. The van der Waals surface area contributed by atoms with Crippen molar-refractivity contribution in [2.45, 2.75) is 41.2 Å². The highest BCUT2D eigenvalue weighted by atomic mass is 32.3. The van der Waals surface area contributed by atoms with Crippen LogP contribution in [0.4, 0.5) is 39.5 Å². The molecule has 29 heavy (non-hydrogen) atoms. The van der Waals surface area contributed by atoms with Gasteiger partial charge < -0.3 is 0 Å². The molecule has 168 valence electrons. The molecule has 0 amide bonds. The molecular weight excluding hydrogens is 467 g/mol. The Kier molecular flexibility index (Phi) is 7.32. The van der Waals surface area contributed by atoms with Crippen molar-refractivity contribution in [1.29, 1.82) is 0 Å². The van der Waals surface area contributed by atoms with Crippen molar-refractivity contribution in [2.75, 3.05) is 5.75 Å². The minimum atomic E-state index is -6.23. The van der Waals surface area contributed by atoms with E-state index in [1.165, 1.54) is 6.07 Å². The lowest BCUT2D eigenvalue weighted by molar-refractivity contribution is -0.180. The van der Waals surface area contributed by atoms with Gasteiger partial charge in [-0.3, -0.25) is 0 Å². The first-order valence-electron chi connectivity index (χ1n) is 7.47. The Morgan fingerprint density at radius 3 is 1.62 bits per heavy atom. The van der Waals surface area contributed by atoms with E-state index in [9.17, 15) is 56.3 Å². The van der Waals surface area contributed by atoms with Crippen molar-refractivity contribution < 1.29 is 56.3 Å². The summed E-state index contributed by atoms with van der Waals surface area (Å²) < 4.78 is 160. The molecule has 0 saturated heterocycles. The standard InChI is InChI=1S/C14H13F9O4S2/c15-12(16,17)6-7-28(24,25)11(9-4-2-1-3-5-9)29(26,27)10(14(21,22)23)8-13(18,19)20/h1-5,10-11H,6-8H2. The monoisotopic (exact) mass is 480 g/mol. The lowest BCUT2D eigenvalue weighted by Gasteiger charge is -2.27. The van der Waals surface area contributed by atoms with Crippen molar-refractivity contribution in [3.8, 4) is 0 Å². The maximum absolute atomic E-state index is 13.1. The van der Waals surface area contributed by atoms with Gasteiger partial charge in [0.05, 0.1) is 18.6 Å². The fraction of sp³-hybridized carbons (Fsp3) is 0.571. The van der Waals surface area contributed by atoms with Crippen LogP contribution in [0.2, 0.25) is 0 Å². The summed E-state index contributed by atoms with van der Waals surface area (Å²) >= 11 is 0. The zero-order chi connectivity index (χ0) is 22.9. The number of hydrogen-bond donors (Lipinski definition) is 0. The van der Waals surface area contributed by atoms with Gasteiger partial charge in [0.15, 0.2) is 29.5 Å². The zero-order valence-corrected chi connectivity index (χ0v) is 15.6. The molecule has 15 heteroatoms. The summed E-state index contributed by atoms with van der Waals surface area (Å²) in [5, 5.41) is -4.18. The van der Waals surface area contributed by atoms with Crippen molar-refractivity contribution in [3.63, 3.8) is 0 Å². The van der Waals surface area contributed by atoms with E-state index in [2.05, 4.69) is 0 Å². The Morgan fingerprint density at radius 2 is 1.24 bits per heavy atom. The molecular formula is C14H13F9O4S2. The molecule has 2 atom stereocenters. The van der Waals surface area contributed by atoms with Gasteiger partial charge in [0.25, 0.3) is 0 Å². The molecule has 2 unspecified atom stereocenters. The van der Waals surface area contributed by atoms with Crippen LogP contribution in [0.5, 0.6) is 0 Å². The van der Waals surface area contributed by atoms with Crippen LogP contribution in [-0.2, 0) is 19.7 Å². The highest BCUT2D eigenvalue weighted by Crippen LogP contribution is 2.42. The Labute approximate surface area is 159 Å². The van der Waals surface area contributed by atoms with Crippen molar-refractivity contribution in [1.82, 2.24) is 0 Å². The topological polar surface area (TPSA) is 68.3 Å². The first-order valence-corrected chi connectivity index (χ1v) is 10.8. The highest BCUT2D eigenvalue weighted by Gasteiger charge is 2.58. The molecule has 0 saturated carbocycles.